The Bertz CT molecular complexity index is 1320. The Hall–Kier alpha value is -3.37. The number of methoxy groups -OCH3 is 1. The number of nitrogens with one attached hydrogen (secondary N) is 3. The summed E-state index contributed by atoms with van der Waals surface area (Å²) in [5.74, 6) is 6.09. The molecule has 2 heterocycles. The van der Waals surface area contributed by atoms with Gasteiger partial charge in [-0.3, -0.25) is 4.79 Å². The third kappa shape index (κ3) is 6.69. The van der Waals surface area contributed by atoms with E-state index >= 15 is 0 Å². The minimum Gasteiger partial charge on any atom is -0.495 e. The van der Waals surface area contributed by atoms with Gasteiger partial charge in [0.05, 0.1) is 30.6 Å². The number of rotatable bonds is 7. The van der Waals surface area contributed by atoms with Crippen LogP contribution in [0, 0.1) is 11.8 Å². The number of ether oxygens (including phenoxy) is 1. The molecule has 2 aromatic carbocycles. The molecule has 6 nitrogen and oxygen atoms in total. The van der Waals surface area contributed by atoms with Crippen LogP contribution in [0.2, 0.25) is 0 Å². The van der Waals surface area contributed by atoms with E-state index in [1.807, 2.05) is 6.07 Å². The molecular weight excluding hydrogens is 500 g/mol. The molecule has 1 amide bonds. The summed E-state index contributed by atoms with van der Waals surface area (Å²) in [6, 6.07) is 12.4. The number of anilines is 2. The lowest BCUT2D eigenvalue weighted by molar-refractivity contribution is -0.140. The Morgan fingerprint density at radius 3 is 2.65 bits per heavy atom. The zero-order chi connectivity index (χ0) is 26.4. The van der Waals surface area contributed by atoms with E-state index in [4.69, 9.17) is 4.74 Å². The lowest BCUT2D eigenvalue weighted by atomic mass is 10.1. The van der Waals surface area contributed by atoms with Gasteiger partial charge in [0.1, 0.15) is 12.3 Å². The highest BCUT2D eigenvalue weighted by Crippen LogP contribution is 2.32. The van der Waals surface area contributed by atoms with E-state index in [1.54, 1.807) is 43.4 Å². The van der Waals surface area contributed by atoms with Crippen molar-refractivity contribution in [3.05, 3.63) is 53.7 Å². The van der Waals surface area contributed by atoms with Crippen LogP contribution in [0.25, 0.3) is 10.9 Å². The Labute approximate surface area is 216 Å². The van der Waals surface area contributed by atoms with Crippen LogP contribution in [0.1, 0.15) is 28.9 Å². The molecule has 0 spiro atoms. The monoisotopic (exact) mass is 530 g/mol. The fraction of sp³-hybridized carbons (Fsp3) is 0.370. The van der Waals surface area contributed by atoms with Gasteiger partial charge in [-0.05, 0) is 67.5 Å². The summed E-state index contributed by atoms with van der Waals surface area (Å²) in [4.78, 5) is 11.9. The van der Waals surface area contributed by atoms with Crippen LogP contribution in [-0.2, 0) is 6.54 Å². The molecule has 1 aliphatic heterocycles. The Kier molecular flexibility index (Phi) is 8.50. The lowest BCUT2D eigenvalue weighted by Gasteiger charge is -2.24. The zero-order valence-corrected chi connectivity index (χ0v) is 21.8. The molecule has 37 heavy (non-hydrogen) atoms. The molecule has 4 rings (SSSR count). The molecule has 3 aromatic rings. The third-order valence-electron chi connectivity index (χ3n) is 6.26. The number of amides is 1. The predicted molar refractivity (Wildman–Crippen MR) is 144 cm³/mol. The lowest BCUT2D eigenvalue weighted by Crippen LogP contribution is -2.23. The minimum absolute atomic E-state index is 0.178. The number of aromatic nitrogens is 1. The summed E-state index contributed by atoms with van der Waals surface area (Å²) in [6.45, 7) is -0.937. The predicted octanol–water partition coefficient (Wildman–Crippen LogP) is 5.29. The van der Waals surface area contributed by atoms with Crippen molar-refractivity contribution in [3.63, 3.8) is 0 Å². The van der Waals surface area contributed by atoms with Gasteiger partial charge in [-0.1, -0.05) is 12.0 Å². The van der Waals surface area contributed by atoms with Crippen LogP contribution in [0.5, 0.6) is 5.75 Å². The molecule has 0 saturated carbocycles. The van der Waals surface area contributed by atoms with Crippen LogP contribution in [-0.4, -0.2) is 55.7 Å². The number of fused-ring (bicyclic) bond motifs is 1. The van der Waals surface area contributed by atoms with Gasteiger partial charge >= 0.3 is 6.18 Å². The number of halogens is 3. The fourth-order valence-corrected chi connectivity index (χ4v) is 5.80. The molecule has 1 saturated heterocycles. The number of nitrogens with zero attached hydrogens (tertiary/aromatic N) is 1. The number of carbonyl (C=O) groups excluding carboxylic acids is 1. The van der Waals surface area contributed by atoms with Crippen molar-refractivity contribution in [3.8, 4) is 17.6 Å². The van der Waals surface area contributed by atoms with E-state index in [1.165, 1.54) is 24.0 Å². The first-order valence-corrected chi connectivity index (χ1v) is 13.5. The summed E-state index contributed by atoms with van der Waals surface area (Å²) in [5, 5.41) is 9.96. The summed E-state index contributed by atoms with van der Waals surface area (Å²) >= 11 is 0. The van der Waals surface area contributed by atoms with E-state index in [2.05, 4.69) is 27.8 Å². The first-order valence-electron chi connectivity index (χ1n) is 12.1. The molecule has 0 atom stereocenters. The SMILES string of the molecule is CNC(=O)c1ccc(NCC#Cc2cc3c(NC4CCPCC4)cccc3n2CC(F)(F)F)c(OC)c1. The number of hydrogen-bond donors (Lipinski definition) is 3. The molecule has 3 N–H and O–H groups in total. The van der Waals surface area contributed by atoms with Crippen LogP contribution >= 0.6 is 8.58 Å². The summed E-state index contributed by atoms with van der Waals surface area (Å²) in [7, 11) is 4.03. The number of hydrogen-bond acceptors (Lipinski definition) is 4. The maximum Gasteiger partial charge on any atom is 0.406 e. The standard InChI is InChI=1S/C27H30F3N4O2P/c1-31-26(35)18-8-9-23(25(15-18)36-2)32-12-4-5-20-16-21-22(33-19-10-13-37-14-11-19)6-3-7-24(21)34(20)17-27(28,29)30/h3,6-9,15-16,19,32-33,37H,10-14,17H2,1-2H3,(H,31,35). The molecule has 0 unspecified atom stereocenters. The molecular formula is C27H30F3N4O2P. The Balaban J connectivity index is 1.58. The van der Waals surface area contributed by atoms with Crippen LogP contribution < -0.4 is 20.7 Å². The van der Waals surface area contributed by atoms with Crippen LogP contribution in [0.3, 0.4) is 0 Å². The molecule has 1 aliphatic rings. The Morgan fingerprint density at radius 2 is 1.95 bits per heavy atom. The summed E-state index contributed by atoms with van der Waals surface area (Å²) in [6.07, 6.45) is 0.139. The van der Waals surface area contributed by atoms with Gasteiger partial charge < -0.3 is 25.3 Å². The minimum atomic E-state index is -4.38. The van der Waals surface area contributed by atoms with Gasteiger partial charge in [0.15, 0.2) is 0 Å². The molecule has 1 fully saturated rings. The maximum absolute atomic E-state index is 13.5. The van der Waals surface area contributed by atoms with E-state index in [9.17, 15) is 18.0 Å². The maximum atomic E-state index is 13.5. The van der Waals surface area contributed by atoms with Crippen molar-refractivity contribution >= 4 is 36.8 Å². The highest BCUT2D eigenvalue weighted by molar-refractivity contribution is 7.38. The van der Waals surface area contributed by atoms with Crippen LogP contribution in [0.4, 0.5) is 24.5 Å². The second-order valence-electron chi connectivity index (χ2n) is 8.79. The number of alkyl halides is 3. The first kappa shape index (κ1) is 26.7. The normalized spacial score (nSPS) is 16.2. The van der Waals surface area contributed by atoms with E-state index in [-0.39, 0.29) is 12.5 Å². The second kappa shape index (κ2) is 11.8. The smallest absolute Gasteiger partial charge is 0.406 e. The van der Waals surface area contributed by atoms with Gasteiger partial charge in [-0.25, -0.2) is 0 Å². The van der Waals surface area contributed by atoms with Gasteiger partial charge in [0, 0.05) is 29.7 Å². The largest absolute Gasteiger partial charge is 0.495 e. The van der Waals surface area contributed by atoms with Crippen molar-refractivity contribution in [1.82, 2.24) is 9.88 Å². The van der Waals surface area contributed by atoms with E-state index in [0.717, 1.165) is 32.5 Å². The topological polar surface area (TPSA) is 67.3 Å². The molecule has 0 radical (unpaired) electrons. The Morgan fingerprint density at radius 1 is 1.16 bits per heavy atom. The van der Waals surface area contributed by atoms with Crippen molar-refractivity contribution < 1.29 is 22.7 Å². The van der Waals surface area contributed by atoms with Crippen LogP contribution in [0.15, 0.2) is 42.5 Å². The highest BCUT2D eigenvalue weighted by Gasteiger charge is 2.30. The first-order chi connectivity index (χ1) is 17.8. The molecule has 196 valence electrons. The molecule has 0 bridgehead atoms. The van der Waals surface area contributed by atoms with Crippen molar-refractivity contribution in [2.24, 2.45) is 0 Å². The molecule has 1 aromatic heterocycles. The average molecular weight is 531 g/mol. The van der Waals surface area contributed by atoms with Gasteiger partial charge in [0.2, 0.25) is 0 Å². The van der Waals surface area contributed by atoms with Crippen molar-refractivity contribution in [1.29, 1.82) is 0 Å². The van der Waals surface area contributed by atoms with E-state index in [0.29, 0.717) is 34.3 Å². The summed E-state index contributed by atoms with van der Waals surface area (Å²) < 4.78 is 47.0. The second-order valence-corrected chi connectivity index (χ2v) is 10.3. The number of benzene rings is 2. The quantitative estimate of drug-likeness (QED) is 0.287. The zero-order valence-electron chi connectivity index (χ0n) is 20.8. The van der Waals surface area contributed by atoms with Crippen molar-refractivity contribution in [2.45, 2.75) is 31.6 Å². The molecule has 0 aliphatic carbocycles. The van der Waals surface area contributed by atoms with E-state index < -0.39 is 12.7 Å². The number of carbonyl (C=O) groups is 1. The molecule has 10 heteroatoms. The van der Waals surface area contributed by atoms with Gasteiger partial charge in [-0.2, -0.15) is 13.2 Å². The van der Waals surface area contributed by atoms with Gasteiger partial charge in [0.25, 0.3) is 5.91 Å². The highest BCUT2D eigenvalue weighted by atomic mass is 31.1. The third-order valence-corrected chi connectivity index (χ3v) is 7.54. The average Bonchev–Trinajstić information content (AvgIpc) is 3.23. The fourth-order valence-electron chi connectivity index (χ4n) is 4.45. The van der Waals surface area contributed by atoms with Gasteiger partial charge in [-0.15, -0.1) is 8.58 Å². The van der Waals surface area contributed by atoms with Crippen molar-refractivity contribution in [2.75, 3.05) is 43.7 Å². The summed E-state index contributed by atoms with van der Waals surface area (Å²) in [5.41, 5.74) is 2.72.